The van der Waals surface area contributed by atoms with Crippen molar-refractivity contribution in [3.05, 3.63) is 78.9 Å². The number of thioether (sulfide) groups is 1. The number of aliphatic hydroxyl groups excluding tert-OH is 1. The van der Waals surface area contributed by atoms with Gasteiger partial charge < -0.3 is 19.0 Å². The second-order valence-corrected chi connectivity index (χ2v) is 7.71. The van der Waals surface area contributed by atoms with Gasteiger partial charge in [-0.15, -0.1) is 10.2 Å². The summed E-state index contributed by atoms with van der Waals surface area (Å²) in [6, 6.07) is 25.4. The van der Waals surface area contributed by atoms with Crippen LogP contribution in [0.4, 0.5) is 0 Å². The summed E-state index contributed by atoms with van der Waals surface area (Å²) in [6.45, 7) is 0.172. The molecule has 0 amide bonds. The van der Waals surface area contributed by atoms with Gasteiger partial charge >= 0.3 is 0 Å². The van der Waals surface area contributed by atoms with Crippen LogP contribution in [0, 0.1) is 0 Å². The first-order valence-electron chi connectivity index (χ1n) is 9.79. The average molecular weight is 435 g/mol. The third-order valence-electron chi connectivity index (χ3n) is 4.55. The van der Waals surface area contributed by atoms with Crippen molar-refractivity contribution in [1.29, 1.82) is 0 Å². The van der Waals surface area contributed by atoms with Crippen molar-refractivity contribution < 1.29 is 19.0 Å². The minimum absolute atomic E-state index is 0.172. The summed E-state index contributed by atoms with van der Waals surface area (Å²) in [4.78, 5) is 0. The van der Waals surface area contributed by atoms with Gasteiger partial charge in [0.25, 0.3) is 11.1 Å². The molecule has 0 radical (unpaired) electrons. The van der Waals surface area contributed by atoms with Crippen LogP contribution in [0.1, 0.15) is 0 Å². The van der Waals surface area contributed by atoms with E-state index in [1.807, 2.05) is 66.7 Å². The van der Waals surface area contributed by atoms with Crippen molar-refractivity contribution >= 4 is 11.8 Å². The zero-order valence-corrected chi connectivity index (χ0v) is 17.8. The van der Waals surface area contributed by atoms with Crippen LogP contribution < -0.4 is 9.47 Å². The van der Waals surface area contributed by atoms with Crippen molar-refractivity contribution in [2.24, 2.45) is 0 Å². The first-order chi connectivity index (χ1) is 15.2. The van der Waals surface area contributed by atoms with Crippen LogP contribution in [0.2, 0.25) is 0 Å². The lowest BCUT2D eigenvalue weighted by Crippen LogP contribution is -2.20. The minimum Gasteiger partial charge on any atom is -0.496 e. The van der Waals surface area contributed by atoms with Gasteiger partial charge in [-0.05, 0) is 35.4 Å². The van der Waals surface area contributed by atoms with Gasteiger partial charge in [0.15, 0.2) is 0 Å². The Morgan fingerprint density at radius 1 is 0.903 bits per heavy atom. The maximum absolute atomic E-state index is 10.3. The average Bonchev–Trinajstić information content (AvgIpc) is 3.31. The van der Waals surface area contributed by atoms with Crippen LogP contribution in [-0.2, 0) is 0 Å². The van der Waals surface area contributed by atoms with E-state index in [1.54, 1.807) is 7.11 Å². The van der Waals surface area contributed by atoms with Crippen molar-refractivity contribution in [2.75, 3.05) is 19.5 Å². The molecule has 1 N–H and O–H groups in total. The molecule has 4 aromatic rings. The van der Waals surface area contributed by atoms with E-state index < -0.39 is 6.10 Å². The lowest BCUT2D eigenvalue weighted by Gasteiger charge is -2.11. The molecule has 1 aromatic heterocycles. The van der Waals surface area contributed by atoms with E-state index in [4.69, 9.17) is 13.9 Å². The second kappa shape index (κ2) is 10.1. The lowest BCUT2D eigenvalue weighted by atomic mass is 10.1. The molecule has 6 nitrogen and oxygen atoms in total. The van der Waals surface area contributed by atoms with Crippen LogP contribution in [-0.4, -0.2) is 40.9 Å². The number of rotatable bonds is 9. The number of aliphatic hydroxyl groups is 1. The Labute approximate surface area is 184 Å². The minimum atomic E-state index is -0.680. The highest BCUT2D eigenvalue weighted by atomic mass is 32.2. The molecule has 0 aliphatic heterocycles. The molecule has 1 heterocycles. The molecule has 0 saturated heterocycles. The second-order valence-electron chi connectivity index (χ2n) is 6.74. The number of hydrogen-bond acceptors (Lipinski definition) is 7. The van der Waals surface area contributed by atoms with Gasteiger partial charge in [0.05, 0.1) is 18.8 Å². The molecule has 7 heteroatoms. The highest BCUT2D eigenvalue weighted by Crippen LogP contribution is 2.30. The lowest BCUT2D eigenvalue weighted by molar-refractivity contribution is 0.126. The van der Waals surface area contributed by atoms with E-state index in [-0.39, 0.29) is 6.61 Å². The molecule has 0 fully saturated rings. The molecular formula is C24H22N2O4S. The van der Waals surface area contributed by atoms with Crippen molar-refractivity contribution in [3.8, 4) is 34.1 Å². The Morgan fingerprint density at radius 2 is 1.61 bits per heavy atom. The van der Waals surface area contributed by atoms with E-state index in [2.05, 4.69) is 22.3 Å². The molecule has 158 valence electrons. The number of ether oxygens (including phenoxy) is 2. The van der Waals surface area contributed by atoms with Gasteiger partial charge in [-0.3, -0.25) is 0 Å². The molecule has 0 aliphatic rings. The number of hydrogen-bond donors (Lipinski definition) is 1. The first kappa shape index (κ1) is 21.0. The molecule has 0 aliphatic carbocycles. The van der Waals surface area contributed by atoms with E-state index in [0.717, 1.165) is 16.7 Å². The fraction of sp³-hybridized carbons (Fsp3) is 0.167. The topological polar surface area (TPSA) is 77.6 Å². The number of methoxy groups -OCH3 is 1. The fourth-order valence-corrected chi connectivity index (χ4v) is 3.65. The van der Waals surface area contributed by atoms with Gasteiger partial charge in [0.1, 0.15) is 18.1 Å². The highest BCUT2D eigenvalue weighted by molar-refractivity contribution is 7.99. The van der Waals surface area contributed by atoms with E-state index in [1.165, 1.54) is 11.8 Å². The van der Waals surface area contributed by atoms with Gasteiger partial charge in [-0.25, -0.2) is 0 Å². The first-order valence-corrected chi connectivity index (χ1v) is 10.8. The predicted molar refractivity (Wildman–Crippen MR) is 120 cm³/mol. The summed E-state index contributed by atoms with van der Waals surface area (Å²) in [6.07, 6.45) is -0.680. The van der Waals surface area contributed by atoms with Crippen LogP contribution in [0.3, 0.4) is 0 Å². The Morgan fingerprint density at radius 3 is 2.39 bits per heavy atom. The molecule has 1 unspecified atom stereocenters. The number of benzene rings is 3. The SMILES string of the molecule is COc1ccccc1-c1nnc(SCC(O)COc2ccc(-c3ccccc3)cc2)o1. The smallest absolute Gasteiger partial charge is 0.276 e. The summed E-state index contributed by atoms with van der Waals surface area (Å²) in [5.74, 6) is 2.12. The summed E-state index contributed by atoms with van der Waals surface area (Å²) >= 11 is 1.28. The normalized spacial score (nSPS) is 11.8. The maximum atomic E-state index is 10.3. The molecule has 0 bridgehead atoms. The third-order valence-corrected chi connectivity index (χ3v) is 5.51. The molecular weight excluding hydrogens is 412 g/mol. The van der Waals surface area contributed by atoms with Gasteiger partial charge in [0, 0.05) is 5.75 Å². The summed E-state index contributed by atoms with van der Waals surface area (Å²) in [5.41, 5.74) is 3.00. The third kappa shape index (κ3) is 5.45. The number of nitrogens with zero attached hydrogens (tertiary/aromatic N) is 2. The summed E-state index contributed by atoms with van der Waals surface area (Å²) in [7, 11) is 1.59. The Bertz CT molecular complexity index is 1100. The molecule has 3 aromatic carbocycles. The number of aromatic nitrogens is 2. The van der Waals surface area contributed by atoms with Crippen molar-refractivity contribution in [2.45, 2.75) is 11.3 Å². The van der Waals surface area contributed by atoms with E-state index >= 15 is 0 Å². The summed E-state index contributed by atoms with van der Waals surface area (Å²) < 4.78 is 16.7. The monoisotopic (exact) mass is 434 g/mol. The quantitative estimate of drug-likeness (QED) is 0.374. The zero-order valence-electron chi connectivity index (χ0n) is 17.0. The highest BCUT2D eigenvalue weighted by Gasteiger charge is 2.15. The zero-order chi connectivity index (χ0) is 21.5. The predicted octanol–water partition coefficient (Wildman–Crippen LogP) is 4.94. The van der Waals surface area contributed by atoms with Crippen LogP contribution in [0.15, 0.2) is 88.5 Å². The Balaban J connectivity index is 1.27. The molecule has 4 rings (SSSR count). The van der Waals surface area contributed by atoms with Crippen molar-refractivity contribution in [1.82, 2.24) is 10.2 Å². The molecule has 1 atom stereocenters. The fourth-order valence-electron chi connectivity index (χ4n) is 2.98. The van der Waals surface area contributed by atoms with E-state index in [9.17, 15) is 5.11 Å². The van der Waals surface area contributed by atoms with Crippen molar-refractivity contribution in [3.63, 3.8) is 0 Å². The molecule has 31 heavy (non-hydrogen) atoms. The standard InChI is InChI=1S/C24H22N2O4S/c1-28-22-10-6-5-9-21(22)23-25-26-24(30-23)31-16-19(27)15-29-20-13-11-18(12-14-20)17-7-3-2-4-8-17/h2-14,19,27H,15-16H2,1H3. The number of para-hydroxylation sites is 1. The van der Waals surface area contributed by atoms with Crippen LogP contribution in [0.5, 0.6) is 11.5 Å². The Hall–Kier alpha value is -3.29. The maximum Gasteiger partial charge on any atom is 0.276 e. The molecule has 0 spiro atoms. The molecule has 0 saturated carbocycles. The Kier molecular flexibility index (Phi) is 6.86. The van der Waals surface area contributed by atoms with Crippen LogP contribution in [0.25, 0.3) is 22.6 Å². The van der Waals surface area contributed by atoms with Gasteiger partial charge in [-0.2, -0.15) is 0 Å². The van der Waals surface area contributed by atoms with Gasteiger partial charge in [-0.1, -0.05) is 66.4 Å². The van der Waals surface area contributed by atoms with Gasteiger partial charge in [0.2, 0.25) is 0 Å². The summed E-state index contributed by atoms with van der Waals surface area (Å²) in [5, 5.41) is 18.7. The van der Waals surface area contributed by atoms with Crippen LogP contribution >= 0.6 is 11.8 Å². The van der Waals surface area contributed by atoms with E-state index in [0.29, 0.717) is 28.4 Å². The largest absolute Gasteiger partial charge is 0.496 e.